The monoisotopic (exact) mass is 1760 g/mol. The number of pyridine rings is 4. The van der Waals surface area contributed by atoms with Gasteiger partial charge in [-0.25, -0.2) is 58.4 Å². The van der Waals surface area contributed by atoms with Crippen molar-refractivity contribution in [3.63, 3.8) is 0 Å². The molecule has 0 aromatic carbocycles. The Morgan fingerprint density at radius 2 is 0.888 bits per heavy atom. The van der Waals surface area contributed by atoms with Crippen LogP contribution in [0.4, 0.5) is 141 Å². The predicted octanol–water partition coefficient (Wildman–Crippen LogP) is 7.16. The Labute approximate surface area is 697 Å². The van der Waals surface area contributed by atoms with E-state index in [4.69, 9.17) is 5.11 Å². The van der Waals surface area contributed by atoms with Crippen LogP contribution < -0.4 is 87.8 Å². The average molecular weight is 1760 g/mol. The summed E-state index contributed by atoms with van der Waals surface area (Å²) in [4.78, 5) is 180. The van der Waals surface area contributed by atoms with Crippen LogP contribution in [0.3, 0.4) is 0 Å². The lowest BCUT2D eigenvalue weighted by Gasteiger charge is -2.35. The number of anilines is 12. The van der Waals surface area contributed by atoms with Crippen LogP contribution in [0.25, 0.3) is 0 Å². The first kappa shape index (κ1) is 88.8. The van der Waals surface area contributed by atoms with Gasteiger partial charge >= 0.3 is 48.8 Å². The number of carbonyl (C=O) groups is 8. The molecule has 8 aliphatic rings. The lowest BCUT2D eigenvalue weighted by atomic mass is 10.0. The van der Waals surface area contributed by atoms with Gasteiger partial charge in [0.1, 0.15) is 52.6 Å². The summed E-state index contributed by atoms with van der Waals surface area (Å²) in [6.45, 7) is 3.03. The molecule has 10 amide bonds. The quantitative estimate of drug-likeness (QED) is 0.0395. The van der Waals surface area contributed by atoms with Gasteiger partial charge in [0.25, 0.3) is 28.5 Å². The van der Waals surface area contributed by atoms with E-state index in [0.717, 1.165) is 22.4 Å². The molecule has 8 aromatic rings. The van der Waals surface area contributed by atoms with E-state index in [1.807, 2.05) is 19.6 Å². The normalized spacial score (nSPS) is 17.9. The van der Waals surface area contributed by atoms with Crippen molar-refractivity contribution < 1.29 is 96.1 Å². The number of halogens is 12. The van der Waals surface area contributed by atoms with Gasteiger partial charge in [-0.1, -0.05) is 6.92 Å². The Bertz CT molecular complexity index is 5690. The summed E-state index contributed by atoms with van der Waals surface area (Å²) in [6.07, 6.45) is -10.2. The molecule has 0 saturated carbocycles. The van der Waals surface area contributed by atoms with E-state index in [2.05, 4.69) is 66.4 Å². The Balaban J connectivity index is 0.000000143. The smallest absolute Gasteiger partial charge is 0.394 e. The molecule has 16 heterocycles. The number of aromatic nitrogens is 12. The van der Waals surface area contributed by atoms with Crippen molar-refractivity contribution in [2.75, 3.05) is 126 Å². The Morgan fingerprint density at radius 3 is 1.28 bits per heavy atom. The highest BCUT2D eigenvalue weighted by Gasteiger charge is 2.48. The SMILES string of the molecule is C[C@@H](CC(=O)c1ccc2c(n1)N(C(=O)Nc1ccnn(C)c1=O)[C@H]1CCN2C1)C(F)(F)F.Cn1cnc(NC(=O)N2c3nc(C(=O)NCC(F)(F)F)ccc3N3CC[C@H]2C3)cc1=O.Cn1nccc(NC(=O)N2c3nc(C(=O)CCC(F)(F)F)ccc3N3CC[C@H]2C3)c1=O.O=C(N[C@H](CO)C(F)(F)F)c1ccc2c(n1)N(C(=O)Nc1cnccn1)[C@H]1CCN2C1. The highest BCUT2D eigenvalue weighted by Crippen LogP contribution is 2.44. The zero-order chi connectivity index (χ0) is 90.1. The second kappa shape index (κ2) is 35.8. The number of carbonyl (C=O) groups excluding carboxylic acids is 8. The van der Waals surface area contributed by atoms with Gasteiger partial charge in [0.15, 0.2) is 40.7 Å². The molecule has 8 bridgehead atoms. The number of rotatable bonds is 15. The highest BCUT2D eigenvalue weighted by atomic mass is 19.4. The van der Waals surface area contributed by atoms with E-state index in [9.17, 15) is 105 Å². The van der Waals surface area contributed by atoms with Crippen molar-refractivity contribution >= 4 is 117 Å². The molecule has 7 N–H and O–H groups in total. The van der Waals surface area contributed by atoms with E-state index in [1.54, 1.807) is 34.9 Å². The van der Waals surface area contributed by atoms with E-state index in [-0.39, 0.29) is 98.8 Å². The molecular weight excluding hydrogens is 1680 g/mol. The second-order valence-corrected chi connectivity index (χ2v) is 29.7. The largest absolute Gasteiger partial charge is 0.410 e. The standard InChI is InChI=1S/C20H21F3N6O3.C19H19F3N6O3.2C18H18F3N7O3/c1-11(20(21,22)23)9-16(30)13-3-4-15-17(25-13)29(12-6-8-28(15)10-12)19(32)26-14-5-7-24-27(2)18(14)31;1-26-17(30)13(5-8-23-26)25-18(31)28-11-6-9-27(10-11)14-3-2-12(24-16(14)28)15(29)4-7-19(20,21)22;1-26-9-23-13(6-14(26)29)25-17(31)28-10-4-5-27(7-10)12-3-2-11(24-15(12)28)16(30)22-8-18(19,20)21;19-18(20,21)13(9-29)25-16(30)11-1-2-12-15(24-11)28(10-3-6-27(12)8-10)17(31)26-14-7-22-4-5-23-14/h3-5,7,11-12H,6,8-10H2,1-2H3,(H,26,32);2-3,5,8,11H,4,6-7,9-10H2,1H3,(H,25,31);2-3,6,9-10H,4-5,7-8H2,1H3,(H,22,30)(H,25,31);1-2,4-5,7,10,13,29H,3,6,8-9H2,(H,25,30)(H,23,26,31)/t11-,12-;11-;10-;10-,13+/m0000/s1. The molecule has 4 saturated heterocycles. The van der Waals surface area contributed by atoms with Crippen LogP contribution in [0, 0.1) is 5.92 Å². The minimum absolute atomic E-state index is 0.0284. The van der Waals surface area contributed by atoms with Crippen molar-refractivity contribution in [1.82, 2.24) is 69.6 Å². The number of ketones is 2. The first-order chi connectivity index (χ1) is 59.1. The highest BCUT2D eigenvalue weighted by molar-refractivity contribution is 6.09. The number of aryl methyl sites for hydroxylation is 3. The van der Waals surface area contributed by atoms with Gasteiger partial charge < -0.3 is 50.5 Å². The van der Waals surface area contributed by atoms with Crippen LogP contribution in [-0.4, -0.2) is 232 Å². The van der Waals surface area contributed by atoms with Crippen molar-refractivity contribution in [2.45, 2.75) is 107 Å². The van der Waals surface area contributed by atoms with Crippen molar-refractivity contribution in [2.24, 2.45) is 27.1 Å². The molecular formula is C75H76F12N26O12. The Kier molecular flexibility index (Phi) is 25.4. The molecule has 16 rings (SSSR count). The Hall–Kier alpha value is -14.0. The minimum Gasteiger partial charge on any atom is -0.394 e. The maximum atomic E-state index is 13.1. The zero-order valence-corrected chi connectivity index (χ0v) is 66.2. The van der Waals surface area contributed by atoms with Gasteiger partial charge in [0, 0.05) is 117 Å². The lowest BCUT2D eigenvalue weighted by molar-refractivity contribution is -0.168. The van der Waals surface area contributed by atoms with Crippen LogP contribution in [-0.2, 0) is 21.1 Å². The molecule has 0 spiro atoms. The van der Waals surface area contributed by atoms with E-state index >= 15 is 0 Å². The number of amides is 10. The van der Waals surface area contributed by atoms with Crippen LogP contribution in [0.1, 0.15) is 93.8 Å². The van der Waals surface area contributed by atoms with Gasteiger partial charge in [-0.05, 0) is 86.3 Å². The molecule has 8 aromatic heterocycles. The summed E-state index contributed by atoms with van der Waals surface area (Å²) in [5.74, 6) is -4.45. The number of hydrogen-bond donors (Lipinski definition) is 7. The summed E-state index contributed by atoms with van der Waals surface area (Å²) in [5, 5.41) is 30.4. The number of hydrogen-bond acceptors (Lipinski definition) is 25. The number of nitrogens with one attached hydrogen (secondary N) is 6. The molecule has 0 aliphatic carbocycles. The third-order valence-corrected chi connectivity index (χ3v) is 21.2. The minimum atomic E-state index is -4.81. The number of aliphatic hydroxyl groups excluding tert-OH is 1. The van der Waals surface area contributed by atoms with E-state index in [1.165, 1.54) is 119 Å². The number of aliphatic hydroxyl groups is 1. The fourth-order valence-electron chi connectivity index (χ4n) is 14.9. The number of nitrogens with zero attached hydrogens (tertiary/aromatic N) is 20. The zero-order valence-electron chi connectivity index (χ0n) is 66.2. The molecule has 4 fully saturated rings. The van der Waals surface area contributed by atoms with Gasteiger partial charge in [-0.15, -0.1) is 0 Å². The molecule has 38 nitrogen and oxygen atoms in total. The van der Waals surface area contributed by atoms with Gasteiger partial charge in [0.05, 0.1) is 78.4 Å². The number of Topliss-reactive ketones (excluding diaryl/α,β-unsaturated/α-hetero) is 2. The maximum Gasteiger partial charge on any atom is 0.410 e. The third-order valence-electron chi connectivity index (χ3n) is 21.2. The fourth-order valence-corrected chi connectivity index (χ4v) is 14.9. The summed E-state index contributed by atoms with van der Waals surface area (Å²) in [6, 6.07) is 9.83. The third kappa shape index (κ3) is 20.0. The molecule has 0 unspecified atom stereocenters. The topological polar surface area (TPSA) is 437 Å². The van der Waals surface area contributed by atoms with Crippen LogP contribution >= 0.6 is 0 Å². The van der Waals surface area contributed by atoms with Crippen LogP contribution in [0.2, 0.25) is 0 Å². The molecule has 50 heteroatoms. The average Bonchev–Trinajstić information content (AvgIpc) is 1.67. The summed E-state index contributed by atoms with van der Waals surface area (Å²) < 4.78 is 155. The van der Waals surface area contributed by atoms with Crippen molar-refractivity contribution in [3.05, 3.63) is 158 Å². The predicted molar refractivity (Wildman–Crippen MR) is 422 cm³/mol. The molecule has 6 atom stereocenters. The lowest BCUT2D eigenvalue weighted by Crippen LogP contribution is -2.49. The summed E-state index contributed by atoms with van der Waals surface area (Å²) >= 11 is 0. The number of alkyl halides is 12. The van der Waals surface area contributed by atoms with Gasteiger partial charge in [-0.3, -0.25) is 68.8 Å². The number of fused-ring (bicyclic) bond motifs is 16. The second-order valence-electron chi connectivity index (χ2n) is 29.7. The van der Waals surface area contributed by atoms with Gasteiger partial charge in [0.2, 0.25) is 0 Å². The number of urea groups is 4. The molecule has 125 heavy (non-hydrogen) atoms. The Morgan fingerprint density at radius 1 is 0.480 bits per heavy atom. The summed E-state index contributed by atoms with van der Waals surface area (Å²) in [7, 11) is 4.41. The van der Waals surface area contributed by atoms with Crippen molar-refractivity contribution in [3.8, 4) is 0 Å². The maximum absolute atomic E-state index is 13.1. The van der Waals surface area contributed by atoms with Crippen LogP contribution in [0.15, 0.2) is 118 Å². The first-order valence-electron chi connectivity index (χ1n) is 38.4. The first-order valence-corrected chi connectivity index (χ1v) is 38.4. The van der Waals surface area contributed by atoms with Crippen molar-refractivity contribution in [1.29, 1.82) is 0 Å². The fraction of sp³-hybridized carbons (Fsp3) is 0.413. The molecule has 8 aliphatic heterocycles. The van der Waals surface area contributed by atoms with E-state index < -0.39 is 128 Å². The van der Waals surface area contributed by atoms with Gasteiger partial charge in [-0.2, -0.15) is 62.9 Å². The van der Waals surface area contributed by atoms with Crippen LogP contribution in [0.5, 0.6) is 0 Å². The van der Waals surface area contributed by atoms with E-state index in [0.29, 0.717) is 101 Å². The molecule has 662 valence electrons. The summed E-state index contributed by atoms with van der Waals surface area (Å²) in [5.41, 5.74) is 0.285. The molecule has 0 radical (unpaired) electrons.